The van der Waals surface area contributed by atoms with E-state index in [-0.39, 0.29) is 11.6 Å². The smallest absolute Gasteiger partial charge is 0.407 e. The third-order valence-electron chi connectivity index (χ3n) is 5.95. The molecule has 0 unspecified atom stereocenters. The maximum absolute atomic E-state index is 12.9. The standard InChI is InChI=1S/C26H33N3O4/c1-6-7-17(28-25(31)33-26(2,3)4)15-32-23-13-22-20(12-19(23)16-8-9-16)18-10-11-27-14-21(18)24(30)29(22)5/h10-14,16-17H,6-9,15H2,1-5H3,(H,28,31)/t17-/m0/s1. The van der Waals surface area contributed by atoms with Gasteiger partial charge in [-0.2, -0.15) is 0 Å². The van der Waals surface area contributed by atoms with Gasteiger partial charge in [0.15, 0.2) is 0 Å². The van der Waals surface area contributed by atoms with E-state index >= 15 is 0 Å². The average molecular weight is 452 g/mol. The molecule has 4 rings (SSSR count). The van der Waals surface area contributed by atoms with Crippen LogP contribution in [0.2, 0.25) is 0 Å². The highest BCUT2D eigenvalue weighted by molar-refractivity contribution is 6.06. The van der Waals surface area contributed by atoms with E-state index in [9.17, 15) is 9.59 Å². The molecule has 3 aromatic rings. The van der Waals surface area contributed by atoms with Gasteiger partial charge in [-0.15, -0.1) is 0 Å². The van der Waals surface area contributed by atoms with Crippen LogP contribution in [-0.4, -0.2) is 33.9 Å². The van der Waals surface area contributed by atoms with Gasteiger partial charge in [0.25, 0.3) is 5.56 Å². The molecule has 0 saturated heterocycles. The lowest BCUT2D eigenvalue weighted by Gasteiger charge is -2.24. The summed E-state index contributed by atoms with van der Waals surface area (Å²) in [5, 5.41) is 5.50. The molecule has 1 aliphatic rings. The van der Waals surface area contributed by atoms with Crippen molar-refractivity contribution in [2.24, 2.45) is 7.05 Å². The Morgan fingerprint density at radius 3 is 2.67 bits per heavy atom. The second kappa shape index (κ2) is 9.04. The van der Waals surface area contributed by atoms with Crippen molar-refractivity contribution in [2.45, 2.75) is 70.9 Å². The first-order chi connectivity index (χ1) is 15.7. The molecule has 1 saturated carbocycles. The first-order valence-electron chi connectivity index (χ1n) is 11.7. The monoisotopic (exact) mass is 451 g/mol. The van der Waals surface area contributed by atoms with Crippen LogP contribution in [0.3, 0.4) is 0 Å². The Labute approximate surface area is 194 Å². The highest BCUT2D eigenvalue weighted by atomic mass is 16.6. The van der Waals surface area contributed by atoms with Gasteiger partial charge < -0.3 is 19.4 Å². The zero-order valence-corrected chi connectivity index (χ0v) is 20.1. The van der Waals surface area contributed by atoms with Crippen LogP contribution in [0.15, 0.2) is 35.4 Å². The quantitative estimate of drug-likeness (QED) is 0.509. The predicted octanol–water partition coefficient (Wildman–Crippen LogP) is 5.04. The maximum Gasteiger partial charge on any atom is 0.407 e. The van der Waals surface area contributed by atoms with Gasteiger partial charge in [0.2, 0.25) is 0 Å². The second-order valence-corrected chi connectivity index (χ2v) is 9.91. The van der Waals surface area contributed by atoms with Gasteiger partial charge in [-0.1, -0.05) is 13.3 Å². The lowest BCUT2D eigenvalue weighted by molar-refractivity contribution is 0.0484. The number of nitrogens with zero attached hydrogens (tertiary/aromatic N) is 2. The maximum atomic E-state index is 12.9. The molecule has 33 heavy (non-hydrogen) atoms. The minimum absolute atomic E-state index is 0.0776. The van der Waals surface area contributed by atoms with Gasteiger partial charge in [-0.25, -0.2) is 4.79 Å². The van der Waals surface area contributed by atoms with E-state index in [1.54, 1.807) is 24.0 Å². The van der Waals surface area contributed by atoms with Crippen LogP contribution in [0.25, 0.3) is 21.7 Å². The van der Waals surface area contributed by atoms with Crippen molar-refractivity contribution in [1.82, 2.24) is 14.9 Å². The summed E-state index contributed by atoms with van der Waals surface area (Å²) in [4.78, 5) is 29.3. The van der Waals surface area contributed by atoms with E-state index in [0.717, 1.165) is 53.3 Å². The Kier molecular flexibility index (Phi) is 6.32. The van der Waals surface area contributed by atoms with Crippen LogP contribution >= 0.6 is 0 Å². The number of alkyl carbamates (subject to hydrolysis) is 1. The fraction of sp³-hybridized carbons (Fsp3) is 0.500. The minimum atomic E-state index is -0.553. The first-order valence-corrected chi connectivity index (χ1v) is 11.7. The van der Waals surface area contributed by atoms with E-state index in [2.05, 4.69) is 23.3 Å². The number of benzene rings is 1. The average Bonchev–Trinajstić information content (AvgIpc) is 3.59. The van der Waals surface area contributed by atoms with Gasteiger partial charge in [-0.05, 0) is 69.0 Å². The van der Waals surface area contributed by atoms with Crippen LogP contribution in [0, 0.1) is 0 Å². The van der Waals surface area contributed by atoms with E-state index < -0.39 is 11.7 Å². The number of hydrogen-bond donors (Lipinski definition) is 1. The van der Waals surface area contributed by atoms with Crippen LogP contribution in [0.1, 0.15) is 64.9 Å². The van der Waals surface area contributed by atoms with E-state index in [1.165, 1.54) is 0 Å². The van der Waals surface area contributed by atoms with Crippen molar-refractivity contribution < 1.29 is 14.3 Å². The lowest BCUT2D eigenvalue weighted by atomic mass is 10.0. The zero-order valence-electron chi connectivity index (χ0n) is 20.1. The Morgan fingerprint density at radius 2 is 2.00 bits per heavy atom. The van der Waals surface area contributed by atoms with E-state index in [0.29, 0.717) is 17.9 Å². The minimum Gasteiger partial charge on any atom is -0.491 e. The molecule has 1 amide bonds. The molecule has 1 aliphatic carbocycles. The molecule has 1 fully saturated rings. The van der Waals surface area contributed by atoms with Crippen molar-refractivity contribution in [3.05, 3.63) is 46.5 Å². The first kappa shape index (κ1) is 23.1. The third kappa shape index (κ3) is 5.13. The predicted molar refractivity (Wildman–Crippen MR) is 130 cm³/mol. The SMILES string of the molecule is CCC[C@@H](COc1cc2c(cc1C1CC1)c1ccncc1c(=O)n2C)NC(=O)OC(C)(C)C. The van der Waals surface area contributed by atoms with Gasteiger partial charge in [-0.3, -0.25) is 9.78 Å². The molecular weight excluding hydrogens is 418 g/mol. The van der Waals surface area contributed by atoms with Gasteiger partial charge in [0.05, 0.1) is 16.9 Å². The molecule has 0 aliphatic heterocycles. The Morgan fingerprint density at radius 1 is 1.24 bits per heavy atom. The van der Waals surface area contributed by atoms with Crippen LogP contribution < -0.4 is 15.6 Å². The van der Waals surface area contributed by atoms with Crippen molar-refractivity contribution in [1.29, 1.82) is 0 Å². The highest BCUT2D eigenvalue weighted by Gasteiger charge is 2.29. The molecular formula is C26H33N3O4. The fourth-order valence-electron chi connectivity index (χ4n) is 4.22. The van der Waals surface area contributed by atoms with Crippen molar-refractivity contribution in [2.75, 3.05) is 6.61 Å². The normalized spacial score (nSPS) is 14.9. The fourth-order valence-corrected chi connectivity index (χ4v) is 4.22. The number of rotatable bonds is 7. The zero-order chi connectivity index (χ0) is 23.8. The number of carbonyl (C=O) groups is 1. The number of ether oxygens (including phenoxy) is 2. The van der Waals surface area contributed by atoms with Gasteiger partial charge in [0.1, 0.15) is 18.0 Å². The summed E-state index contributed by atoms with van der Waals surface area (Å²) in [5.41, 5.74) is 1.35. The summed E-state index contributed by atoms with van der Waals surface area (Å²) < 4.78 is 13.4. The molecule has 1 aromatic carbocycles. The molecule has 7 nitrogen and oxygen atoms in total. The molecule has 0 spiro atoms. The summed E-state index contributed by atoms with van der Waals surface area (Å²) in [6, 6.07) is 5.87. The van der Waals surface area contributed by atoms with Gasteiger partial charge >= 0.3 is 6.09 Å². The molecule has 0 radical (unpaired) electrons. The van der Waals surface area contributed by atoms with Crippen LogP contribution in [0.4, 0.5) is 4.79 Å². The molecule has 176 valence electrons. The number of hydrogen-bond acceptors (Lipinski definition) is 5. The van der Waals surface area contributed by atoms with E-state index in [4.69, 9.17) is 9.47 Å². The number of aryl methyl sites for hydroxylation is 1. The highest BCUT2D eigenvalue weighted by Crippen LogP contribution is 2.46. The number of pyridine rings is 2. The molecule has 1 N–H and O–H groups in total. The van der Waals surface area contributed by atoms with E-state index in [1.807, 2.05) is 32.9 Å². The number of fused-ring (bicyclic) bond motifs is 3. The molecule has 0 bridgehead atoms. The largest absolute Gasteiger partial charge is 0.491 e. The van der Waals surface area contributed by atoms with Crippen molar-refractivity contribution in [3.63, 3.8) is 0 Å². The number of nitrogens with one attached hydrogen (secondary N) is 1. The molecule has 2 heterocycles. The Hall–Kier alpha value is -3.09. The van der Waals surface area contributed by atoms with Crippen molar-refractivity contribution >= 4 is 27.8 Å². The topological polar surface area (TPSA) is 82.5 Å². The molecule has 2 aromatic heterocycles. The summed E-state index contributed by atoms with van der Waals surface area (Å²) >= 11 is 0. The molecule has 1 atom stereocenters. The third-order valence-corrected chi connectivity index (χ3v) is 5.95. The second-order valence-electron chi connectivity index (χ2n) is 9.91. The van der Waals surface area contributed by atoms with Crippen molar-refractivity contribution in [3.8, 4) is 5.75 Å². The number of aromatic nitrogens is 2. The Balaban J connectivity index is 1.66. The lowest BCUT2D eigenvalue weighted by Crippen LogP contribution is -2.42. The summed E-state index contributed by atoms with van der Waals surface area (Å²) in [5.74, 6) is 1.24. The summed E-state index contributed by atoms with van der Waals surface area (Å²) in [7, 11) is 1.78. The van der Waals surface area contributed by atoms with Crippen LogP contribution in [-0.2, 0) is 11.8 Å². The summed E-state index contributed by atoms with van der Waals surface area (Å²) in [6.07, 6.45) is 6.86. The van der Waals surface area contributed by atoms with Gasteiger partial charge in [0, 0.05) is 30.9 Å². The Bertz CT molecular complexity index is 1240. The van der Waals surface area contributed by atoms with Crippen LogP contribution in [0.5, 0.6) is 5.75 Å². The number of carbonyl (C=O) groups excluding carboxylic acids is 1. The molecule has 7 heteroatoms. The summed E-state index contributed by atoms with van der Waals surface area (Å²) in [6.45, 7) is 7.95. The number of amides is 1.